The van der Waals surface area contributed by atoms with Crippen LogP contribution in [-0.4, -0.2) is 24.6 Å². The van der Waals surface area contributed by atoms with Crippen molar-refractivity contribution in [2.45, 2.75) is 18.9 Å². The molecule has 18 heavy (non-hydrogen) atoms. The number of anilines is 1. The van der Waals surface area contributed by atoms with Crippen LogP contribution in [-0.2, 0) is 0 Å². The molecule has 0 bridgehead atoms. The van der Waals surface area contributed by atoms with Gasteiger partial charge in [0.15, 0.2) is 0 Å². The Labute approximate surface area is 105 Å². The van der Waals surface area contributed by atoms with E-state index in [0.717, 1.165) is 0 Å². The zero-order chi connectivity index (χ0) is 13.1. The number of methoxy groups -OCH3 is 1. The second-order valence-electron chi connectivity index (χ2n) is 4.50. The van der Waals surface area contributed by atoms with Gasteiger partial charge >= 0.3 is 0 Å². The molecule has 98 valence electrons. The summed E-state index contributed by atoms with van der Waals surface area (Å²) < 4.78 is 5.06. The largest absolute Gasteiger partial charge is 0.496 e. The minimum absolute atomic E-state index is 0.0171. The van der Waals surface area contributed by atoms with Gasteiger partial charge in [-0.2, -0.15) is 0 Å². The van der Waals surface area contributed by atoms with Crippen molar-refractivity contribution >= 4 is 11.4 Å². The maximum Gasteiger partial charge on any atom is 0.275 e. The summed E-state index contributed by atoms with van der Waals surface area (Å²) in [4.78, 5) is 10.4. The van der Waals surface area contributed by atoms with Gasteiger partial charge in [-0.3, -0.25) is 10.1 Å². The molecule has 1 unspecified atom stereocenters. The highest BCUT2D eigenvalue weighted by molar-refractivity contribution is 5.57. The zero-order valence-corrected chi connectivity index (χ0v) is 10.3. The minimum Gasteiger partial charge on any atom is -0.496 e. The van der Waals surface area contributed by atoms with Crippen LogP contribution in [0.15, 0.2) is 18.2 Å². The van der Waals surface area contributed by atoms with Crippen molar-refractivity contribution in [2.75, 3.05) is 19.0 Å². The monoisotopic (exact) mass is 251 g/mol. The minimum atomic E-state index is -0.428. The van der Waals surface area contributed by atoms with Gasteiger partial charge < -0.3 is 15.8 Å². The molecule has 1 aliphatic rings. The van der Waals surface area contributed by atoms with Crippen molar-refractivity contribution in [3.8, 4) is 5.75 Å². The first kappa shape index (κ1) is 12.6. The lowest BCUT2D eigenvalue weighted by atomic mass is 10.1. The molecule has 0 aliphatic heterocycles. The lowest BCUT2D eigenvalue weighted by Gasteiger charge is -2.17. The average molecular weight is 251 g/mol. The van der Waals surface area contributed by atoms with Crippen LogP contribution < -0.4 is 15.8 Å². The van der Waals surface area contributed by atoms with Crippen molar-refractivity contribution in [3.63, 3.8) is 0 Å². The average Bonchev–Trinajstić information content (AvgIpc) is 3.19. The first-order valence-electron chi connectivity index (χ1n) is 5.94. The number of hydrogen-bond donors (Lipinski definition) is 2. The van der Waals surface area contributed by atoms with Crippen molar-refractivity contribution < 1.29 is 9.66 Å². The first-order chi connectivity index (χ1) is 8.63. The highest BCUT2D eigenvalue weighted by atomic mass is 16.6. The molecule has 1 atom stereocenters. The normalized spacial score (nSPS) is 16.1. The van der Waals surface area contributed by atoms with Gasteiger partial charge in [0.2, 0.25) is 0 Å². The van der Waals surface area contributed by atoms with Crippen LogP contribution in [0.3, 0.4) is 0 Å². The van der Waals surface area contributed by atoms with Gasteiger partial charge in [0.1, 0.15) is 5.75 Å². The Kier molecular flexibility index (Phi) is 3.66. The topological polar surface area (TPSA) is 90.4 Å². The Bertz CT molecular complexity index is 446. The van der Waals surface area contributed by atoms with Gasteiger partial charge in [-0.1, -0.05) is 0 Å². The second-order valence-corrected chi connectivity index (χ2v) is 4.50. The number of benzene rings is 1. The lowest BCUT2D eigenvalue weighted by molar-refractivity contribution is -0.384. The number of nitrogens with one attached hydrogen (secondary N) is 1. The third kappa shape index (κ3) is 2.89. The summed E-state index contributed by atoms with van der Waals surface area (Å²) in [7, 11) is 1.49. The molecule has 1 fully saturated rings. The Balaban J connectivity index is 2.20. The number of non-ortho nitro benzene ring substituents is 1. The van der Waals surface area contributed by atoms with Crippen molar-refractivity contribution in [3.05, 3.63) is 28.3 Å². The summed E-state index contributed by atoms with van der Waals surface area (Å²) in [6.45, 7) is 0.523. The Morgan fingerprint density at radius 1 is 1.56 bits per heavy atom. The number of ether oxygens (including phenoxy) is 1. The summed E-state index contributed by atoms with van der Waals surface area (Å²) in [6.07, 6.45) is 2.34. The number of nitrogens with zero attached hydrogens (tertiary/aromatic N) is 1. The van der Waals surface area contributed by atoms with E-state index in [9.17, 15) is 10.1 Å². The van der Waals surface area contributed by atoms with Gasteiger partial charge in [0.25, 0.3) is 5.69 Å². The SMILES string of the molecule is COc1cc(NC(CN)C2CC2)cc([N+](=O)[O-])c1. The van der Waals surface area contributed by atoms with E-state index in [0.29, 0.717) is 23.9 Å². The van der Waals surface area contributed by atoms with Gasteiger partial charge in [0.05, 0.1) is 18.1 Å². The van der Waals surface area contributed by atoms with Crippen molar-refractivity contribution in [1.29, 1.82) is 0 Å². The molecule has 2 rings (SSSR count). The van der Waals surface area contributed by atoms with Crippen molar-refractivity contribution in [1.82, 2.24) is 0 Å². The molecule has 1 saturated carbocycles. The molecule has 0 spiro atoms. The third-order valence-corrected chi connectivity index (χ3v) is 3.13. The second kappa shape index (κ2) is 5.22. The molecule has 0 saturated heterocycles. The summed E-state index contributed by atoms with van der Waals surface area (Å²) >= 11 is 0. The molecule has 0 aromatic heterocycles. The van der Waals surface area contributed by atoms with E-state index in [2.05, 4.69) is 5.32 Å². The number of nitrogens with two attached hydrogens (primary N) is 1. The fourth-order valence-corrected chi connectivity index (χ4v) is 1.97. The number of nitro benzene ring substituents is 1. The van der Waals surface area contributed by atoms with Crippen LogP contribution in [0.2, 0.25) is 0 Å². The molecule has 6 heteroatoms. The molecule has 0 heterocycles. The summed E-state index contributed by atoms with van der Waals surface area (Å²) in [6, 6.07) is 4.84. The van der Waals surface area contributed by atoms with Crippen LogP contribution in [0, 0.1) is 16.0 Å². The molecule has 1 aromatic rings. The Hall–Kier alpha value is -1.82. The summed E-state index contributed by atoms with van der Waals surface area (Å²) in [5.74, 6) is 1.05. The molecular weight excluding hydrogens is 234 g/mol. The quantitative estimate of drug-likeness (QED) is 0.593. The number of hydrogen-bond acceptors (Lipinski definition) is 5. The summed E-state index contributed by atoms with van der Waals surface area (Å²) in [5.41, 5.74) is 6.40. The molecular formula is C12H17N3O3. The maximum absolute atomic E-state index is 10.8. The van der Waals surface area contributed by atoms with E-state index >= 15 is 0 Å². The maximum atomic E-state index is 10.8. The van der Waals surface area contributed by atoms with Crippen LogP contribution in [0.4, 0.5) is 11.4 Å². The molecule has 6 nitrogen and oxygen atoms in total. The standard InChI is InChI=1S/C12H17N3O3/c1-18-11-5-9(4-10(6-11)15(16)17)14-12(7-13)8-2-3-8/h4-6,8,12,14H,2-3,7,13H2,1H3. The highest BCUT2D eigenvalue weighted by Crippen LogP contribution is 2.35. The Morgan fingerprint density at radius 3 is 2.78 bits per heavy atom. The van der Waals surface area contributed by atoms with Crippen LogP contribution in [0.25, 0.3) is 0 Å². The van der Waals surface area contributed by atoms with Gasteiger partial charge in [0, 0.05) is 30.4 Å². The highest BCUT2D eigenvalue weighted by Gasteiger charge is 2.30. The van der Waals surface area contributed by atoms with E-state index in [1.807, 2.05) is 0 Å². The molecule has 3 N–H and O–H groups in total. The van der Waals surface area contributed by atoms with Crippen LogP contribution in [0.1, 0.15) is 12.8 Å². The summed E-state index contributed by atoms with van der Waals surface area (Å²) in [5, 5.41) is 14.1. The zero-order valence-electron chi connectivity index (χ0n) is 10.3. The van der Waals surface area contributed by atoms with Crippen LogP contribution >= 0.6 is 0 Å². The number of rotatable bonds is 6. The van der Waals surface area contributed by atoms with Gasteiger partial charge in [-0.15, -0.1) is 0 Å². The predicted octanol–water partition coefficient (Wildman–Crippen LogP) is 1.75. The van der Waals surface area contributed by atoms with E-state index in [1.54, 1.807) is 6.07 Å². The fourth-order valence-electron chi connectivity index (χ4n) is 1.97. The lowest BCUT2D eigenvalue weighted by Crippen LogP contribution is -2.30. The van der Waals surface area contributed by atoms with Gasteiger partial charge in [-0.25, -0.2) is 0 Å². The van der Waals surface area contributed by atoms with Crippen LogP contribution in [0.5, 0.6) is 5.75 Å². The van der Waals surface area contributed by atoms with E-state index in [-0.39, 0.29) is 11.7 Å². The molecule has 0 radical (unpaired) electrons. The van der Waals surface area contributed by atoms with E-state index < -0.39 is 4.92 Å². The Morgan fingerprint density at radius 2 is 2.28 bits per heavy atom. The predicted molar refractivity (Wildman–Crippen MR) is 68.8 cm³/mol. The first-order valence-corrected chi connectivity index (χ1v) is 5.94. The molecule has 1 aromatic carbocycles. The van der Waals surface area contributed by atoms with Gasteiger partial charge in [-0.05, 0) is 18.8 Å². The third-order valence-electron chi connectivity index (χ3n) is 3.13. The van der Waals surface area contributed by atoms with Crippen molar-refractivity contribution in [2.24, 2.45) is 11.7 Å². The molecule has 0 amide bonds. The van der Waals surface area contributed by atoms with E-state index in [4.69, 9.17) is 10.5 Å². The fraction of sp³-hybridized carbons (Fsp3) is 0.500. The number of nitro groups is 1. The smallest absolute Gasteiger partial charge is 0.275 e. The molecule has 1 aliphatic carbocycles. The van der Waals surface area contributed by atoms with E-state index in [1.165, 1.54) is 32.1 Å².